The van der Waals surface area contributed by atoms with Crippen LogP contribution >= 0.6 is 0 Å². The second-order valence-electron chi connectivity index (χ2n) is 18.2. The van der Waals surface area contributed by atoms with Gasteiger partial charge in [0.2, 0.25) is 0 Å². The van der Waals surface area contributed by atoms with Gasteiger partial charge in [0, 0.05) is 67.8 Å². The van der Waals surface area contributed by atoms with Crippen LogP contribution in [0.4, 0.5) is 22.7 Å². The number of nitrogens with zero attached hydrogens (tertiary/aromatic N) is 4. The van der Waals surface area contributed by atoms with Crippen LogP contribution in [0.1, 0.15) is 64.2 Å². The molecular formula is C60H54N4. The summed E-state index contributed by atoms with van der Waals surface area (Å²) in [5.74, 6) is 0. The molecule has 2 fully saturated rings. The quantitative estimate of drug-likeness (QED) is 0.144. The maximum absolute atomic E-state index is 2.65. The summed E-state index contributed by atoms with van der Waals surface area (Å²) in [6.45, 7) is 0. The lowest BCUT2D eigenvalue weighted by atomic mass is 9.92. The highest BCUT2D eigenvalue weighted by Crippen LogP contribution is 2.42. The number of aromatic nitrogens is 2. The molecule has 10 aromatic rings. The van der Waals surface area contributed by atoms with Crippen molar-refractivity contribution in [3.05, 3.63) is 194 Å². The van der Waals surface area contributed by atoms with Gasteiger partial charge in [0.25, 0.3) is 0 Å². The zero-order valence-corrected chi connectivity index (χ0v) is 36.5. The van der Waals surface area contributed by atoms with Crippen LogP contribution in [-0.2, 0) is 0 Å². The summed E-state index contributed by atoms with van der Waals surface area (Å²) in [4.78, 5) is 5.30. The van der Waals surface area contributed by atoms with Crippen molar-refractivity contribution in [2.24, 2.45) is 0 Å². The van der Waals surface area contributed by atoms with E-state index in [0.717, 1.165) is 0 Å². The first-order chi connectivity index (χ1) is 31.8. The van der Waals surface area contributed by atoms with Gasteiger partial charge in [-0.15, -0.1) is 0 Å². The lowest BCUT2D eigenvalue weighted by Gasteiger charge is -2.36. The molecule has 2 heterocycles. The minimum atomic E-state index is 0.471. The van der Waals surface area contributed by atoms with Crippen molar-refractivity contribution in [1.82, 2.24) is 9.13 Å². The summed E-state index contributed by atoms with van der Waals surface area (Å²) < 4.78 is 4.83. The van der Waals surface area contributed by atoms with Crippen molar-refractivity contribution in [3.63, 3.8) is 0 Å². The SMILES string of the molecule is c1ccc(-n2c3ccccc3c3cc(N(c4ccc(-c5ccc(N(c6ccc7c(c6)c6ccccc6n7-c6ccccc6)C6CCCCC6)cc5)cc4)C4CCCCC4)ccc32)cc1. The predicted octanol–water partition coefficient (Wildman–Crippen LogP) is 16.5. The maximum Gasteiger partial charge on any atom is 0.0542 e. The number of hydrogen-bond donors (Lipinski definition) is 0. The van der Waals surface area contributed by atoms with E-state index in [1.807, 2.05) is 0 Å². The van der Waals surface area contributed by atoms with E-state index >= 15 is 0 Å². The molecule has 4 heteroatoms. The van der Waals surface area contributed by atoms with Crippen molar-refractivity contribution in [2.75, 3.05) is 9.80 Å². The molecule has 64 heavy (non-hydrogen) atoms. The minimum absolute atomic E-state index is 0.471. The van der Waals surface area contributed by atoms with Crippen molar-refractivity contribution in [3.8, 4) is 22.5 Å². The van der Waals surface area contributed by atoms with Gasteiger partial charge in [0.1, 0.15) is 0 Å². The van der Waals surface area contributed by atoms with Crippen LogP contribution in [0, 0.1) is 0 Å². The minimum Gasteiger partial charge on any atom is -0.338 e. The number of para-hydroxylation sites is 4. The van der Waals surface area contributed by atoms with E-state index in [9.17, 15) is 0 Å². The molecule has 0 aliphatic heterocycles. The molecule has 0 bridgehead atoms. The Morgan fingerprint density at radius 2 is 0.641 bits per heavy atom. The molecule has 2 aliphatic rings. The fourth-order valence-electron chi connectivity index (χ4n) is 11.4. The summed E-state index contributed by atoms with van der Waals surface area (Å²) in [5, 5.41) is 5.19. The Bertz CT molecular complexity index is 3000. The third kappa shape index (κ3) is 6.84. The first-order valence-corrected chi connectivity index (χ1v) is 23.7. The molecule has 8 aromatic carbocycles. The zero-order valence-electron chi connectivity index (χ0n) is 36.5. The fraction of sp³-hybridized carbons (Fsp3) is 0.200. The van der Waals surface area contributed by atoms with Gasteiger partial charge < -0.3 is 18.9 Å². The largest absolute Gasteiger partial charge is 0.338 e. The summed E-state index contributed by atoms with van der Waals surface area (Å²) in [6, 6.07) is 73.4. The van der Waals surface area contributed by atoms with Crippen LogP contribution in [0.3, 0.4) is 0 Å². The van der Waals surface area contributed by atoms with Gasteiger partial charge in [-0.2, -0.15) is 0 Å². The van der Waals surface area contributed by atoms with Crippen molar-refractivity contribution in [1.29, 1.82) is 0 Å². The molecule has 0 amide bonds. The average Bonchev–Trinajstić information content (AvgIpc) is 3.88. The van der Waals surface area contributed by atoms with E-state index in [2.05, 4.69) is 213 Å². The van der Waals surface area contributed by atoms with Gasteiger partial charge in [-0.05, 0) is 134 Å². The van der Waals surface area contributed by atoms with E-state index < -0.39 is 0 Å². The molecule has 4 nitrogen and oxygen atoms in total. The van der Waals surface area contributed by atoms with Crippen molar-refractivity contribution >= 4 is 66.4 Å². The highest BCUT2D eigenvalue weighted by molar-refractivity contribution is 6.11. The summed E-state index contributed by atoms with van der Waals surface area (Å²) >= 11 is 0. The number of rotatable bonds is 9. The number of benzene rings is 8. The Morgan fingerprint density at radius 1 is 0.297 bits per heavy atom. The Kier molecular flexibility index (Phi) is 10.0. The highest BCUT2D eigenvalue weighted by Gasteiger charge is 2.26. The summed E-state index contributed by atoms with van der Waals surface area (Å²) in [5.41, 5.74) is 15.0. The zero-order chi connectivity index (χ0) is 42.4. The molecule has 2 aromatic heterocycles. The monoisotopic (exact) mass is 830 g/mol. The standard InChI is InChI=1S/C60H54N4/c1-5-17-45(18-6-1)61(51-37-39-59-55(41-51)53-25-13-15-27-57(53)63(59)47-21-9-3-10-22-47)49-33-29-43(30-34-49)44-31-35-50(36-32-44)62(46-19-7-2-8-20-46)52-38-40-60-56(42-52)54-26-14-16-28-58(54)64(60)48-23-11-4-12-24-48/h3-4,9-16,21-42,45-46H,1-2,5-8,17-20H2. The van der Waals surface area contributed by atoms with Crippen molar-refractivity contribution < 1.29 is 0 Å². The van der Waals surface area contributed by atoms with Crippen LogP contribution in [-0.4, -0.2) is 21.2 Å². The highest BCUT2D eigenvalue weighted by atomic mass is 15.2. The third-order valence-corrected chi connectivity index (χ3v) is 14.4. The molecule has 2 saturated carbocycles. The van der Waals surface area contributed by atoms with E-state index in [-0.39, 0.29) is 0 Å². The van der Waals surface area contributed by atoms with Gasteiger partial charge in [-0.1, -0.05) is 136 Å². The normalized spacial score (nSPS) is 15.1. The van der Waals surface area contributed by atoms with E-state index in [1.165, 1.54) is 153 Å². The fourth-order valence-corrected chi connectivity index (χ4v) is 11.4. The van der Waals surface area contributed by atoms with Gasteiger partial charge in [-0.25, -0.2) is 0 Å². The number of fused-ring (bicyclic) bond motifs is 6. The molecule has 2 aliphatic carbocycles. The maximum atomic E-state index is 2.65. The lowest BCUT2D eigenvalue weighted by molar-refractivity contribution is 0.436. The first-order valence-electron chi connectivity index (χ1n) is 23.7. The third-order valence-electron chi connectivity index (χ3n) is 14.4. The second kappa shape index (κ2) is 16.6. The molecule has 0 N–H and O–H groups in total. The van der Waals surface area contributed by atoms with E-state index in [0.29, 0.717) is 12.1 Å². The second-order valence-corrected chi connectivity index (χ2v) is 18.2. The topological polar surface area (TPSA) is 16.3 Å². The molecule has 0 spiro atoms. The van der Waals surface area contributed by atoms with Gasteiger partial charge in [-0.3, -0.25) is 0 Å². The van der Waals surface area contributed by atoms with Gasteiger partial charge in [0.15, 0.2) is 0 Å². The average molecular weight is 831 g/mol. The molecule has 12 rings (SSSR count). The summed E-state index contributed by atoms with van der Waals surface area (Å²) in [7, 11) is 0. The van der Waals surface area contributed by atoms with Gasteiger partial charge in [0.05, 0.1) is 22.1 Å². The van der Waals surface area contributed by atoms with Crippen LogP contribution in [0.15, 0.2) is 194 Å². The smallest absolute Gasteiger partial charge is 0.0542 e. The number of anilines is 4. The van der Waals surface area contributed by atoms with Crippen molar-refractivity contribution in [2.45, 2.75) is 76.3 Å². The Labute approximate surface area is 376 Å². The molecule has 314 valence electrons. The Hall–Kier alpha value is -7.04. The first kappa shape index (κ1) is 38.6. The van der Waals surface area contributed by atoms with E-state index in [4.69, 9.17) is 0 Å². The molecular weight excluding hydrogens is 777 g/mol. The lowest BCUT2D eigenvalue weighted by Crippen LogP contribution is -2.33. The summed E-state index contributed by atoms with van der Waals surface area (Å²) in [6.07, 6.45) is 12.6. The molecule has 0 saturated heterocycles. The van der Waals surface area contributed by atoms with Gasteiger partial charge >= 0.3 is 0 Å². The van der Waals surface area contributed by atoms with Crippen LogP contribution in [0.2, 0.25) is 0 Å². The Balaban J connectivity index is 0.884. The Morgan fingerprint density at radius 3 is 1.05 bits per heavy atom. The molecule has 0 radical (unpaired) electrons. The van der Waals surface area contributed by atoms with Crippen LogP contribution < -0.4 is 9.80 Å². The predicted molar refractivity (Wildman–Crippen MR) is 271 cm³/mol. The van der Waals surface area contributed by atoms with Crippen LogP contribution in [0.25, 0.3) is 66.1 Å². The van der Waals surface area contributed by atoms with Crippen LogP contribution in [0.5, 0.6) is 0 Å². The number of hydrogen-bond acceptors (Lipinski definition) is 2. The van der Waals surface area contributed by atoms with E-state index in [1.54, 1.807) is 0 Å². The molecule has 0 unspecified atom stereocenters. The molecule has 0 atom stereocenters.